The number of nitrogens with one attached hydrogen (secondary N) is 1. The maximum Gasteiger partial charge on any atom is 0.242 e. The minimum Gasteiger partial charge on any atom is -0.385 e. The summed E-state index contributed by atoms with van der Waals surface area (Å²) in [4.78, 5) is 43.7. The molecule has 1 aliphatic rings. The van der Waals surface area contributed by atoms with Gasteiger partial charge in [-0.05, 0) is 62.6 Å². The number of amides is 2. The van der Waals surface area contributed by atoms with Crippen molar-refractivity contribution in [1.29, 1.82) is 0 Å². The number of benzene rings is 2. The lowest BCUT2D eigenvalue weighted by Crippen LogP contribution is -2.34. The summed E-state index contributed by atoms with van der Waals surface area (Å²) in [6.45, 7) is 6.49. The van der Waals surface area contributed by atoms with Gasteiger partial charge in [-0.15, -0.1) is 0 Å². The molecular weight excluding hydrogens is 438 g/mol. The van der Waals surface area contributed by atoms with Gasteiger partial charge in [0.15, 0.2) is 11.0 Å². The van der Waals surface area contributed by atoms with Crippen molar-refractivity contribution in [2.45, 2.75) is 38.9 Å². The summed E-state index contributed by atoms with van der Waals surface area (Å²) in [5, 5.41) is 2.87. The van der Waals surface area contributed by atoms with Crippen LogP contribution in [0.4, 0.5) is 11.4 Å². The molecule has 0 saturated carbocycles. The number of hydrogen-bond donors (Lipinski definition) is 1. The van der Waals surface area contributed by atoms with Crippen molar-refractivity contribution in [3.05, 3.63) is 59.2 Å². The lowest BCUT2D eigenvalue weighted by molar-refractivity contribution is -0.128. The predicted octanol–water partition coefficient (Wildman–Crippen LogP) is 4.50. The van der Waals surface area contributed by atoms with E-state index in [1.54, 1.807) is 36.3 Å². The summed E-state index contributed by atoms with van der Waals surface area (Å²) < 4.78 is 5.14. The number of ether oxygens (including phenoxy) is 1. The van der Waals surface area contributed by atoms with Crippen LogP contribution in [-0.2, 0) is 14.3 Å². The van der Waals surface area contributed by atoms with Gasteiger partial charge < -0.3 is 10.1 Å². The summed E-state index contributed by atoms with van der Waals surface area (Å²) in [5.41, 5.74) is 4.07. The van der Waals surface area contributed by atoms with Gasteiger partial charge in [-0.25, -0.2) is 4.99 Å². The molecule has 0 bridgehead atoms. The summed E-state index contributed by atoms with van der Waals surface area (Å²) in [5.74, 6) is -0.421. The van der Waals surface area contributed by atoms with Crippen LogP contribution >= 0.6 is 11.8 Å². The molecule has 1 N–H and O–H groups in total. The van der Waals surface area contributed by atoms with Crippen molar-refractivity contribution < 1.29 is 19.1 Å². The van der Waals surface area contributed by atoms with E-state index in [0.717, 1.165) is 16.8 Å². The van der Waals surface area contributed by atoms with Crippen LogP contribution in [0, 0.1) is 13.8 Å². The molecule has 1 fully saturated rings. The third-order valence-corrected chi connectivity index (χ3v) is 6.52. The van der Waals surface area contributed by atoms with E-state index in [1.807, 2.05) is 32.0 Å². The van der Waals surface area contributed by atoms with Crippen LogP contribution in [0.15, 0.2) is 47.5 Å². The Morgan fingerprint density at radius 1 is 1.12 bits per heavy atom. The molecule has 0 radical (unpaired) electrons. The molecule has 0 aliphatic carbocycles. The molecule has 1 heterocycles. The highest BCUT2D eigenvalue weighted by atomic mass is 32.2. The topological polar surface area (TPSA) is 88.1 Å². The number of ketones is 1. The Labute approximate surface area is 198 Å². The van der Waals surface area contributed by atoms with Gasteiger partial charge in [-0.1, -0.05) is 30.0 Å². The van der Waals surface area contributed by atoms with Crippen molar-refractivity contribution >= 4 is 45.9 Å². The number of Topliss-reactive ketones (excluding diaryl/α,β-unsaturated/α-hetero) is 1. The van der Waals surface area contributed by atoms with Crippen LogP contribution in [0.3, 0.4) is 0 Å². The number of aryl methyl sites for hydroxylation is 2. The van der Waals surface area contributed by atoms with E-state index in [0.29, 0.717) is 36.0 Å². The van der Waals surface area contributed by atoms with Gasteiger partial charge in [0.25, 0.3) is 0 Å². The van der Waals surface area contributed by atoms with E-state index in [-0.39, 0.29) is 24.0 Å². The zero-order valence-electron chi connectivity index (χ0n) is 19.4. The zero-order chi connectivity index (χ0) is 24.0. The third kappa shape index (κ3) is 6.30. The Bertz CT molecular complexity index is 1050. The molecule has 2 aromatic carbocycles. The summed E-state index contributed by atoms with van der Waals surface area (Å²) >= 11 is 1.32. The molecule has 3 rings (SSSR count). The van der Waals surface area contributed by atoms with Gasteiger partial charge in [0.05, 0.1) is 5.69 Å². The molecule has 8 heteroatoms. The standard InChI is InChI=1S/C25H29N3O4S/c1-16-7-5-8-17(2)23(16)27-25-28(13-6-14-32-4)24(31)21(33-25)15-22(30)26-20-11-9-19(10-12-20)18(3)29/h5,7-12,21H,6,13-15H2,1-4H3,(H,26,30). The molecule has 1 unspecified atom stereocenters. The van der Waals surface area contributed by atoms with E-state index in [2.05, 4.69) is 5.32 Å². The zero-order valence-corrected chi connectivity index (χ0v) is 20.2. The number of anilines is 1. The average molecular weight is 468 g/mol. The highest BCUT2D eigenvalue weighted by Crippen LogP contribution is 2.34. The van der Waals surface area contributed by atoms with Crippen LogP contribution < -0.4 is 5.32 Å². The summed E-state index contributed by atoms with van der Waals surface area (Å²) in [6, 6.07) is 12.7. The molecular formula is C25H29N3O4S. The molecule has 0 spiro atoms. The van der Waals surface area contributed by atoms with E-state index >= 15 is 0 Å². The lowest BCUT2D eigenvalue weighted by atomic mass is 10.1. The highest BCUT2D eigenvalue weighted by Gasteiger charge is 2.39. The fraction of sp³-hybridized carbons (Fsp3) is 0.360. The van der Waals surface area contributed by atoms with E-state index in [4.69, 9.17) is 9.73 Å². The second-order valence-corrected chi connectivity index (χ2v) is 9.13. The smallest absolute Gasteiger partial charge is 0.242 e. The van der Waals surface area contributed by atoms with Crippen molar-refractivity contribution in [3.8, 4) is 0 Å². The van der Waals surface area contributed by atoms with E-state index in [1.165, 1.54) is 18.7 Å². The number of carbonyl (C=O) groups excluding carboxylic acids is 3. The fourth-order valence-corrected chi connectivity index (χ4v) is 4.71. The van der Waals surface area contributed by atoms with Crippen LogP contribution in [0.2, 0.25) is 0 Å². The first-order valence-electron chi connectivity index (χ1n) is 10.8. The number of aliphatic imine (C=N–C) groups is 1. The SMILES string of the molecule is COCCCN1C(=O)C(CC(=O)Nc2ccc(C(C)=O)cc2)SC1=Nc1c(C)cccc1C. The second kappa shape index (κ2) is 11.2. The minimum atomic E-state index is -0.549. The fourth-order valence-electron chi connectivity index (χ4n) is 3.54. The molecule has 174 valence electrons. The number of thioether (sulfide) groups is 1. The van der Waals surface area contributed by atoms with Crippen LogP contribution in [-0.4, -0.2) is 53.2 Å². The van der Waals surface area contributed by atoms with Crippen LogP contribution in [0.25, 0.3) is 0 Å². The number of carbonyl (C=O) groups is 3. The minimum absolute atomic E-state index is 0.0323. The molecule has 2 aromatic rings. The van der Waals surface area contributed by atoms with Crippen molar-refractivity contribution in [2.75, 3.05) is 25.6 Å². The molecule has 2 amide bonds. The first kappa shape index (κ1) is 24.7. The molecule has 1 atom stereocenters. The Kier molecular flexibility index (Phi) is 8.41. The number of amidine groups is 1. The van der Waals surface area contributed by atoms with Gasteiger partial charge in [-0.2, -0.15) is 0 Å². The van der Waals surface area contributed by atoms with Crippen LogP contribution in [0.1, 0.15) is 41.3 Å². The predicted molar refractivity (Wildman–Crippen MR) is 132 cm³/mol. The highest BCUT2D eigenvalue weighted by molar-refractivity contribution is 8.15. The maximum atomic E-state index is 13.1. The molecule has 1 saturated heterocycles. The van der Waals surface area contributed by atoms with Gasteiger partial charge in [0, 0.05) is 37.9 Å². The Morgan fingerprint density at radius 3 is 2.39 bits per heavy atom. The molecule has 0 aromatic heterocycles. The molecule has 33 heavy (non-hydrogen) atoms. The lowest BCUT2D eigenvalue weighted by Gasteiger charge is -2.17. The van der Waals surface area contributed by atoms with Crippen molar-refractivity contribution in [2.24, 2.45) is 4.99 Å². The number of rotatable bonds is 9. The maximum absolute atomic E-state index is 13.1. The van der Waals surface area contributed by atoms with E-state index < -0.39 is 5.25 Å². The number of nitrogens with zero attached hydrogens (tertiary/aromatic N) is 2. The number of methoxy groups -OCH3 is 1. The average Bonchev–Trinajstić information content (AvgIpc) is 3.05. The molecule has 7 nitrogen and oxygen atoms in total. The monoisotopic (exact) mass is 467 g/mol. The first-order valence-corrected chi connectivity index (χ1v) is 11.7. The number of hydrogen-bond acceptors (Lipinski definition) is 6. The Balaban J connectivity index is 1.75. The quantitative estimate of drug-likeness (QED) is 0.433. The van der Waals surface area contributed by atoms with Crippen molar-refractivity contribution in [1.82, 2.24) is 4.90 Å². The molecule has 1 aliphatic heterocycles. The van der Waals surface area contributed by atoms with Gasteiger partial charge in [0.1, 0.15) is 5.25 Å². The van der Waals surface area contributed by atoms with Gasteiger partial charge >= 0.3 is 0 Å². The summed E-state index contributed by atoms with van der Waals surface area (Å²) in [6.07, 6.45) is 0.709. The normalized spacial score (nSPS) is 17.0. The van der Waals surface area contributed by atoms with Crippen molar-refractivity contribution in [3.63, 3.8) is 0 Å². The second-order valence-electron chi connectivity index (χ2n) is 7.96. The Hall–Kier alpha value is -2.97. The number of para-hydroxylation sites is 1. The van der Waals surface area contributed by atoms with Gasteiger partial charge in [0.2, 0.25) is 11.8 Å². The largest absolute Gasteiger partial charge is 0.385 e. The summed E-state index contributed by atoms with van der Waals surface area (Å²) in [7, 11) is 1.63. The first-order chi connectivity index (χ1) is 15.8. The Morgan fingerprint density at radius 2 is 1.79 bits per heavy atom. The van der Waals surface area contributed by atoms with Crippen LogP contribution in [0.5, 0.6) is 0 Å². The van der Waals surface area contributed by atoms with E-state index in [9.17, 15) is 14.4 Å². The van der Waals surface area contributed by atoms with Gasteiger partial charge in [-0.3, -0.25) is 19.3 Å². The third-order valence-electron chi connectivity index (χ3n) is 5.34.